The van der Waals surface area contributed by atoms with E-state index in [1.807, 2.05) is 42.5 Å². The first-order valence-corrected chi connectivity index (χ1v) is 7.69. The highest BCUT2D eigenvalue weighted by molar-refractivity contribution is 6.10. The molecule has 4 aromatic rings. The van der Waals surface area contributed by atoms with Gasteiger partial charge in [-0.2, -0.15) is 0 Å². The van der Waals surface area contributed by atoms with Crippen molar-refractivity contribution in [1.82, 2.24) is 9.97 Å². The Kier molecular flexibility index (Phi) is 3.65. The van der Waals surface area contributed by atoms with Crippen LogP contribution in [0.2, 0.25) is 0 Å². The molecule has 0 aliphatic heterocycles. The van der Waals surface area contributed by atoms with Crippen LogP contribution in [-0.4, -0.2) is 15.9 Å². The summed E-state index contributed by atoms with van der Waals surface area (Å²) in [5.41, 5.74) is 1.86. The Balaban J connectivity index is 1.67. The first-order valence-electron chi connectivity index (χ1n) is 7.69. The number of hydrogen-bond donors (Lipinski definition) is 2. The fourth-order valence-electron chi connectivity index (χ4n) is 2.80. The Morgan fingerprint density at radius 3 is 2.68 bits per heavy atom. The van der Waals surface area contributed by atoms with Crippen LogP contribution in [0.15, 0.2) is 60.7 Å². The molecule has 0 saturated carbocycles. The summed E-state index contributed by atoms with van der Waals surface area (Å²) < 4.78 is 25.5. The van der Waals surface area contributed by atoms with Gasteiger partial charge in [0, 0.05) is 16.6 Å². The van der Waals surface area contributed by atoms with Crippen LogP contribution in [0.25, 0.3) is 21.8 Å². The molecule has 1 aromatic heterocycles. The van der Waals surface area contributed by atoms with Gasteiger partial charge in [0.15, 0.2) is 5.82 Å². The number of aromatic amines is 1. The van der Waals surface area contributed by atoms with Crippen molar-refractivity contribution in [2.75, 3.05) is 5.32 Å². The van der Waals surface area contributed by atoms with Gasteiger partial charge < -0.3 is 10.3 Å². The smallest absolute Gasteiger partial charge is 0.295 e. The summed E-state index contributed by atoms with van der Waals surface area (Å²) in [4.78, 5) is 18.9. The highest BCUT2D eigenvalue weighted by Crippen LogP contribution is 2.24. The molecule has 2 N–H and O–H groups in total. The van der Waals surface area contributed by atoms with Gasteiger partial charge in [-0.3, -0.25) is 4.79 Å². The molecule has 0 aliphatic carbocycles. The van der Waals surface area contributed by atoms with Gasteiger partial charge in [-0.05, 0) is 29.7 Å². The Bertz CT molecular complexity index is 1080. The molecule has 1 heterocycles. The fourth-order valence-corrected chi connectivity index (χ4v) is 2.80. The van der Waals surface area contributed by atoms with Crippen LogP contribution < -0.4 is 5.32 Å². The van der Waals surface area contributed by atoms with Crippen LogP contribution in [0.5, 0.6) is 0 Å². The van der Waals surface area contributed by atoms with Gasteiger partial charge in [0.1, 0.15) is 0 Å². The summed E-state index contributed by atoms with van der Waals surface area (Å²) in [6.07, 6.45) is -2.68. The van der Waals surface area contributed by atoms with E-state index in [4.69, 9.17) is 0 Å². The minimum absolute atomic E-state index is 0.313. The summed E-state index contributed by atoms with van der Waals surface area (Å²) in [6.45, 7) is 0. The first-order chi connectivity index (χ1) is 12.1. The Morgan fingerprint density at radius 1 is 1.04 bits per heavy atom. The van der Waals surface area contributed by atoms with Crippen LogP contribution in [0.1, 0.15) is 22.6 Å². The van der Waals surface area contributed by atoms with Crippen LogP contribution in [0.3, 0.4) is 0 Å². The largest absolute Gasteiger partial charge is 0.337 e. The molecule has 0 fully saturated rings. The van der Waals surface area contributed by atoms with Crippen molar-refractivity contribution < 1.29 is 13.6 Å². The van der Waals surface area contributed by atoms with E-state index in [9.17, 15) is 13.6 Å². The van der Waals surface area contributed by atoms with Crippen LogP contribution in [0, 0.1) is 0 Å². The number of alkyl halides is 2. The molecule has 0 aliphatic rings. The van der Waals surface area contributed by atoms with E-state index in [2.05, 4.69) is 15.3 Å². The molecule has 0 saturated heterocycles. The average Bonchev–Trinajstić information content (AvgIpc) is 3.05. The number of halogens is 2. The normalized spacial score (nSPS) is 11.3. The molecule has 3 aromatic carbocycles. The molecule has 0 radical (unpaired) electrons. The number of H-pyrrole nitrogens is 1. The number of carbonyl (C=O) groups is 1. The van der Waals surface area contributed by atoms with E-state index in [0.717, 1.165) is 10.8 Å². The minimum atomic E-state index is -2.68. The zero-order valence-electron chi connectivity index (χ0n) is 13.0. The van der Waals surface area contributed by atoms with E-state index in [1.54, 1.807) is 12.1 Å². The summed E-state index contributed by atoms with van der Waals surface area (Å²) >= 11 is 0. The van der Waals surface area contributed by atoms with Crippen molar-refractivity contribution in [2.24, 2.45) is 0 Å². The monoisotopic (exact) mass is 337 g/mol. The Morgan fingerprint density at radius 2 is 1.84 bits per heavy atom. The maximum absolute atomic E-state index is 12.7. The number of carbonyl (C=O) groups excluding carboxylic acids is 1. The zero-order valence-corrected chi connectivity index (χ0v) is 13.0. The van der Waals surface area contributed by atoms with Crippen molar-refractivity contribution in [3.63, 3.8) is 0 Å². The SMILES string of the molecule is O=C(Nc1cccc2ccccc12)c1ccc2nc(C(F)F)[nH]c2c1. The topological polar surface area (TPSA) is 57.8 Å². The number of nitrogens with zero attached hydrogens (tertiary/aromatic N) is 1. The predicted molar refractivity (Wildman–Crippen MR) is 93.0 cm³/mol. The first kappa shape index (κ1) is 15.3. The van der Waals surface area contributed by atoms with Crippen molar-refractivity contribution in [3.05, 3.63) is 72.1 Å². The van der Waals surface area contributed by atoms with Gasteiger partial charge in [-0.1, -0.05) is 36.4 Å². The molecule has 25 heavy (non-hydrogen) atoms. The Labute approximate surface area is 141 Å². The fraction of sp³-hybridized carbons (Fsp3) is 0.0526. The average molecular weight is 337 g/mol. The molecule has 0 unspecified atom stereocenters. The van der Waals surface area contributed by atoms with Gasteiger partial charge in [0.2, 0.25) is 0 Å². The van der Waals surface area contributed by atoms with Crippen molar-refractivity contribution in [3.8, 4) is 0 Å². The summed E-state index contributed by atoms with van der Waals surface area (Å²) in [5, 5.41) is 4.82. The number of anilines is 1. The third-order valence-corrected chi connectivity index (χ3v) is 4.01. The Hall–Kier alpha value is -3.28. The number of imidazole rings is 1. The highest BCUT2D eigenvalue weighted by Gasteiger charge is 2.14. The predicted octanol–water partition coefficient (Wildman–Crippen LogP) is 4.91. The van der Waals surface area contributed by atoms with Gasteiger partial charge in [-0.25, -0.2) is 13.8 Å². The molecule has 4 nitrogen and oxygen atoms in total. The highest BCUT2D eigenvalue weighted by atomic mass is 19.3. The molecule has 0 bridgehead atoms. The summed E-state index contributed by atoms with van der Waals surface area (Å²) in [7, 11) is 0. The molecular formula is C19H13F2N3O. The third-order valence-electron chi connectivity index (χ3n) is 4.01. The number of amides is 1. The lowest BCUT2D eigenvalue weighted by molar-refractivity contribution is 0.102. The number of aromatic nitrogens is 2. The number of hydrogen-bond acceptors (Lipinski definition) is 2. The second-order valence-electron chi connectivity index (χ2n) is 5.64. The van der Waals surface area contributed by atoms with E-state index in [-0.39, 0.29) is 5.91 Å². The molecule has 0 spiro atoms. The third kappa shape index (κ3) is 2.82. The molecule has 6 heteroatoms. The number of nitrogens with one attached hydrogen (secondary N) is 2. The molecule has 4 rings (SSSR count). The van der Waals surface area contributed by atoms with Crippen LogP contribution in [0.4, 0.5) is 14.5 Å². The van der Waals surface area contributed by atoms with Gasteiger partial charge in [-0.15, -0.1) is 0 Å². The van der Waals surface area contributed by atoms with E-state index >= 15 is 0 Å². The quantitative estimate of drug-likeness (QED) is 0.558. The van der Waals surface area contributed by atoms with Crippen molar-refractivity contribution in [2.45, 2.75) is 6.43 Å². The maximum Gasteiger partial charge on any atom is 0.295 e. The zero-order chi connectivity index (χ0) is 17.4. The van der Waals surface area contributed by atoms with Crippen molar-refractivity contribution >= 4 is 33.4 Å². The molecular weight excluding hydrogens is 324 g/mol. The molecule has 1 amide bonds. The van der Waals surface area contributed by atoms with E-state index in [0.29, 0.717) is 22.3 Å². The maximum atomic E-state index is 12.7. The standard InChI is InChI=1S/C19H13F2N3O/c20-17(21)18-22-15-9-8-12(10-16(15)23-18)19(25)24-14-7-3-5-11-4-1-2-6-13(11)14/h1-10,17H,(H,22,23)(H,24,25). The minimum Gasteiger partial charge on any atom is -0.337 e. The second kappa shape index (κ2) is 5.98. The van der Waals surface area contributed by atoms with Gasteiger partial charge in [0.25, 0.3) is 12.3 Å². The van der Waals surface area contributed by atoms with Crippen molar-refractivity contribution in [1.29, 1.82) is 0 Å². The lowest BCUT2D eigenvalue weighted by Gasteiger charge is -2.08. The second-order valence-corrected chi connectivity index (χ2v) is 5.64. The number of fused-ring (bicyclic) bond motifs is 2. The summed E-state index contributed by atoms with van der Waals surface area (Å²) in [5.74, 6) is -0.715. The van der Waals surface area contributed by atoms with E-state index < -0.39 is 12.2 Å². The lowest BCUT2D eigenvalue weighted by Crippen LogP contribution is -2.12. The number of rotatable bonds is 3. The molecule has 0 atom stereocenters. The van der Waals surface area contributed by atoms with E-state index in [1.165, 1.54) is 6.07 Å². The summed E-state index contributed by atoms with van der Waals surface area (Å²) in [6, 6.07) is 18.0. The van der Waals surface area contributed by atoms with Crippen LogP contribution in [-0.2, 0) is 0 Å². The van der Waals surface area contributed by atoms with Gasteiger partial charge >= 0.3 is 0 Å². The van der Waals surface area contributed by atoms with Crippen LogP contribution >= 0.6 is 0 Å². The molecule has 124 valence electrons. The van der Waals surface area contributed by atoms with Gasteiger partial charge in [0.05, 0.1) is 11.0 Å². The lowest BCUT2D eigenvalue weighted by atomic mass is 10.1. The number of benzene rings is 3.